The van der Waals surface area contributed by atoms with Crippen LogP contribution in [0.4, 0.5) is 0 Å². The zero-order valence-corrected chi connectivity index (χ0v) is 18.9. The summed E-state index contributed by atoms with van der Waals surface area (Å²) >= 11 is 0. The van der Waals surface area contributed by atoms with E-state index in [2.05, 4.69) is 9.88 Å². The fourth-order valence-corrected chi connectivity index (χ4v) is 4.03. The smallest absolute Gasteiger partial charge is 0.339 e. The highest BCUT2D eigenvalue weighted by Gasteiger charge is 2.28. The Bertz CT molecular complexity index is 945. The number of benzene rings is 1. The highest BCUT2D eigenvalue weighted by atomic mass is 16.5. The standard InChI is InChI=1S/C23H31N3O5/c1-6-18-20(23(28)31-5)15(2)21(24-18)22(27)26-11-9-25(10-12-26)14-16-13-17(29-3)7-8-19(16)30-4/h7-8,13,24H,6,9-12,14H2,1-5H3. The molecule has 0 atom stereocenters. The molecule has 31 heavy (non-hydrogen) atoms. The number of aryl methyl sites for hydroxylation is 1. The van der Waals surface area contributed by atoms with E-state index in [9.17, 15) is 9.59 Å². The Morgan fingerprint density at radius 1 is 1.06 bits per heavy atom. The van der Waals surface area contributed by atoms with Gasteiger partial charge in [0.15, 0.2) is 0 Å². The third kappa shape index (κ3) is 4.69. The Hall–Kier alpha value is -3.00. The quantitative estimate of drug-likeness (QED) is 0.682. The number of aromatic amines is 1. The van der Waals surface area contributed by atoms with Crippen molar-refractivity contribution < 1.29 is 23.8 Å². The van der Waals surface area contributed by atoms with Crippen LogP contribution in [0.3, 0.4) is 0 Å². The molecule has 0 spiro atoms. The van der Waals surface area contributed by atoms with Crippen LogP contribution >= 0.6 is 0 Å². The first-order valence-corrected chi connectivity index (χ1v) is 10.5. The first kappa shape index (κ1) is 22.7. The summed E-state index contributed by atoms with van der Waals surface area (Å²) in [4.78, 5) is 32.6. The van der Waals surface area contributed by atoms with Crippen LogP contribution in [-0.4, -0.2) is 74.2 Å². The van der Waals surface area contributed by atoms with E-state index in [-0.39, 0.29) is 5.91 Å². The molecule has 2 heterocycles. The van der Waals surface area contributed by atoms with Gasteiger partial charge in [-0.2, -0.15) is 0 Å². The monoisotopic (exact) mass is 429 g/mol. The maximum Gasteiger partial charge on any atom is 0.339 e. The van der Waals surface area contributed by atoms with Gasteiger partial charge in [-0.25, -0.2) is 4.79 Å². The predicted molar refractivity (Wildman–Crippen MR) is 117 cm³/mol. The SMILES string of the molecule is CCc1[nH]c(C(=O)N2CCN(Cc3cc(OC)ccc3OC)CC2)c(C)c1C(=O)OC. The van der Waals surface area contributed by atoms with E-state index in [0.717, 1.165) is 42.4 Å². The van der Waals surface area contributed by atoms with E-state index >= 15 is 0 Å². The maximum absolute atomic E-state index is 13.1. The molecular formula is C23H31N3O5. The third-order valence-corrected chi connectivity index (χ3v) is 5.83. The van der Waals surface area contributed by atoms with Crippen LogP contribution in [0.2, 0.25) is 0 Å². The minimum absolute atomic E-state index is 0.0824. The molecule has 3 rings (SSSR count). The van der Waals surface area contributed by atoms with Gasteiger partial charge in [0.1, 0.15) is 17.2 Å². The van der Waals surface area contributed by atoms with Gasteiger partial charge in [-0.1, -0.05) is 6.92 Å². The summed E-state index contributed by atoms with van der Waals surface area (Å²) in [5, 5.41) is 0. The Balaban J connectivity index is 1.68. The summed E-state index contributed by atoms with van der Waals surface area (Å²) in [7, 11) is 4.66. The van der Waals surface area contributed by atoms with Crippen LogP contribution in [0.1, 0.15) is 44.6 Å². The molecule has 1 aromatic heterocycles. The van der Waals surface area contributed by atoms with E-state index in [4.69, 9.17) is 14.2 Å². The molecule has 2 aromatic rings. The zero-order valence-electron chi connectivity index (χ0n) is 18.9. The van der Waals surface area contributed by atoms with Crippen molar-refractivity contribution in [2.45, 2.75) is 26.8 Å². The number of piperazine rings is 1. The first-order valence-electron chi connectivity index (χ1n) is 10.5. The Kier molecular flexibility index (Phi) is 7.22. The van der Waals surface area contributed by atoms with Gasteiger partial charge in [0.05, 0.1) is 26.9 Å². The molecule has 8 nitrogen and oxygen atoms in total. The fraction of sp³-hybridized carbons (Fsp3) is 0.478. The second kappa shape index (κ2) is 9.87. The lowest BCUT2D eigenvalue weighted by atomic mass is 10.1. The molecule has 1 N–H and O–H groups in total. The van der Waals surface area contributed by atoms with Gasteiger partial charge in [0.2, 0.25) is 0 Å². The van der Waals surface area contributed by atoms with Crippen LogP contribution in [0.5, 0.6) is 11.5 Å². The van der Waals surface area contributed by atoms with Gasteiger partial charge in [-0.3, -0.25) is 9.69 Å². The van der Waals surface area contributed by atoms with Crippen LogP contribution in [0.25, 0.3) is 0 Å². The highest BCUT2D eigenvalue weighted by Crippen LogP contribution is 2.26. The fourth-order valence-electron chi connectivity index (χ4n) is 4.03. The van der Waals surface area contributed by atoms with E-state index in [1.807, 2.05) is 30.0 Å². The molecule has 1 fully saturated rings. The summed E-state index contributed by atoms with van der Waals surface area (Å²) in [6.07, 6.45) is 0.620. The summed E-state index contributed by atoms with van der Waals surface area (Å²) < 4.78 is 15.7. The van der Waals surface area contributed by atoms with Gasteiger partial charge in [-0.15, -0.1) is 0 Å². The van der Waals surface area contributed by atoms with E-state index in [1.165, 1.54) is 7.11 Å². The Morgan fingerprint density at radius 3 is 2.35 bits per heavy atom. The topological polar surface area (TPSA) is 84.1 Å². The molecule has 0 bridgehead atoms. The summed E-state index contributed by atoms with van der Waals surface area (Å²) in [5.74, 6) is 1.12. The minimum atomic E-state index is -0.415. The molecule has 8 heteroatoms. The molecular weight excluding hydrogens is 398 g/mol. The van der Waals surface area contributed by atoms with Gasteiger partial charge >= 0.3 is 5.97 Å². The van der Waals surface area contributed by atoms with E-state index in [1.54, 1.807) is 21.1 Å². The molecule has 1 aromatic carbocycles. The van der Waals surface area contributed by atoms with Gasteiger partial charge < -0.3 is 24.1 Å². The van der Waals surface area contributed by atoms with Crippen molar-refractivity contribution in [3.05, 3.63) is 46.3 Å². The van der Waals surface area contributed by atoms with Crippen molar-refractivity contribution in [1.29, 1.82) is 0 Å². The number of esters is 1. The number of hydrogen-bond acceptors (Lipinski definition) is 6. The molecule has 0 unspecified atom stereocenters. The number of nitrogens with zero attached hydrogens (tertiary/aromatic N) is 2. The van der Waals surface area contributed by atoms with Crippen LogP contribution < -0.4 is 9.47 Å². The predicted octanol–water partition coefficient (Wildman–Crippen LogP) is 2.65. The zero-order chi connectivity index (χ0) is 22.5. The molecule has 1 aliphatic heterocycles. The number of rotatable bonds is 7. The number of amides is 1. The summed E-state index contributed by atoms with van der Waals surface area (Å²) in [6.45, 7) is 7.17. The largest absolute Gasteiger partial charge is 0.497 e. The molecule has 168 valence electrons. The maximum atomic E-state index is 13.1. The number of ether oxygens (including phenoxy) is 3. The second-order valence-corrected chi connectivity index (χ2v) is 7.57. The molecule has 1 amide bonds. The van der Waals surface area contributed by atoms with Crippen LogP contribution in [0.15, 0.2) is 18.2 Å². The lowest BCUT2D eigenvalue weighted by Crippen LogP contribution is -2.48. The first-order chi connectivity index (χ1) is 14.9. The number of nitrogens with one attached hydrogen (secondary N) is 1. The number of methoxy groups -OCH3 is 3. The number of H-pyrrole nitrogens is 1. The Labute approximate surface area is 183 Å². The van der Waals surface area contributed by atoms with Crippen molar-refractivity contribution in [3.8, 4) is 11.5 Å². The van der Waals surface area contributed by atoms with Gasteiger partial charge in [0, 0.05) is 44.0 Å². The van der Waals surface area contributed by atoms with Crippen LogP contribution in [-0.2, 0) is 17.7 Å². The second-order valence-electron chi connectivity index (χ2n) is 7.57. The van der Waals surface area contributed by atoms with Crippen molar-refractivity contribution in [2.75, 3.05) is 47.5 Å². The number of hydrogen-bond donors (Lipinski definition) is 1. The molecule has 0 radical (unpaired) electrons. The average Bonchev–Trinajstić information content (AvgIpc) is 3.14. The van der Waals surface area contributed by atoms with E-state index < -0.39 is 5.97 Å². The summed E-state index contributed by atoms with van der Waals surface area (Å²) in [6, 6.07) is 5.77. The van der Waals surface area contributed by atoms with Crippen molar-refractivity contribution in [3.63, 3.8) is 0 Å². The highest BCUT2D eigenvalue weighted by molar-refractivity contribution is 6.00. The average molecular weight is 430 g/mol. The number of carbonyl (C=O) groups is 2. The minimum Gasteiger partial charge on any atom is -0.497 e. The third-order valence-electron chi connectivity index (χ3n) is 5.83. The number of aromatic nitrogens is 1. The molecule has 1 saturated heterocycles. The number of carbonyl (C=O) groups excluding carboxylic acids is 2. The molecule has 0 aliphatic carbocycles. The lowest BCUT2D eigenvalue weighted by Gasteiger charge is -2.35. The van der Waals surface area contributed by atoms with Crippen LogP contribution in [0, 0.1) is 6.92 Å². The van der Waals surface area contributed by atoms with Crippen molar-refractivity contribution in [2.24, 2.45) is 0 Å². The molecule has 0 saturated carbocycles. The summed E-state index contributed by atoms with van der Waals surface area (Å²) in [5.41, 5.74) is 3.38. The normalized spacial score (nSPS) is 14.4. The van der Waals surface area contributed by atoms with Crippen molar-refractivity contribution in [1.82, 2.24) is 14.8 Å². The van der Waals surface area contributed by atoms with E-state index in [0.29, 0.717) is 36.3 Å². The lowest BCUT2D eigenvalue weighted by molar-refractivity contribution is 0.0599. The molecule has 1 aliphatic rings. The van der Waals surface area contributed by atoms with Gasteiger partial charge in [0.25, 0.3) is 5.91 Å². The van der Waals surface area contributed by atoms with Crippen molar-refractivity contribution >= 4 is 11.9 Å². The Morgan fingerprint density at radius 2 is 1.77 bits per heavy atom. The van der Waals surface area contributed by atoms with Gasteiger partial charge in [-0.05, 0) is 37.1 Å².